The second kappa shape index (κ2) is 10.9. The van der Waals surface area contributed by atoms with Crippen LogP contribution < -0.4 is 10.2 Å². The van der Waals surface area contributed by atoms with Crippen molar-refractivity contribution in [1.29, 1.82) is 0 Å². The lowest BCUT2D eigenvalue weighted by atomic mass is 10.1. The second-order valence-electron chi connectivity index (χ2n) is 7.25. The number of amides is 2. The van der Waals surface area contributed by atoms with E-state index in [2.05, 4.69) is 21.2 Å². The molecule has 0 radical (unpaired) electrons. The maximum Gasteiger partial charge on any atom is 0.338 e. The Bertz CT molecular complexity index is 991. The largest absolute Gasteiger partial charge is 0.462 e. The van der Waals surface area contributed by atoms with Gasteiger partial charge in [-0.15, -0.1) is 0 Å². The molecule has 32 heavy (non-hydrogen) atoms. The van der Waals surface area contributed by atoms with Crippen molar-refractivity contribution in [2.75, 3.05) is 30.0 Å². The van der Waals surface area contributed by atoms with E-state index >= 15 is 0 Å². The maximum absolute atomic E-state index is 12.3. The van der Waals surface area contributed by atoms with Crippen molar-refractivity contribution in [1.82, 2.24) is 0 Å². The van der Waals surface area contributed by atoms with E-state index in [1.165, 1.54) is 4.90 Å². The summed E-state index contributed by atoms with van der Waals surface area (Å²) in [5, 5.41) is 2.60. The van der Waals surface area contributed by atoms with Crippen molar-refractivity contribution >= 4 is 51.1 Å². The third-order valence-electron chi connectivity index (χ3n) is 4.78. The lowest BCUT2D eigenvalue weighted by Gasteiger charge is -2.16. The predicted octanol–water partition coefficient (Wildman–Crippen LogP) is 3.55. The Labute approximate surface area is 194 Å². The fourth-order valence-corrected chi connectivity index (χ4v) is 3.42. The number of halogens is 1. The van der Waals surface area contributed by atoms with Gasteiger partial charge < -0.3 is 19.7 Å². The zero-order valence-electron chi connectivity index (χ0n) is 17.5. The molecule has 2 amide bonds. The zero-order valence-corrected chi connectivity index (χ0v) is 19.1. The molecule has 1 fully saturated rings. The van der Waals surface area contributed by atoms with Gasteiger partial charge in [0.1, 0.15) is 0 Å². The van der Waals surface area contributed by atoms with E-state index in [1.807, 2.05) is 19.1 Å². The van der Waals surface area contributed by atoms with E-state index in [0.29, 0.717) is 23.5 Å². The molecule has 2 aromatic rings. The van der Waals surface area contributed by atoms with Crippen LogP contribution >= 0.6 is 15.9 Å². The number of carbonyl (C=O) groups is 4. The average Bonchev–Trinajstić information content (AvgIpc) is 3.18. The van der Waals surface area contributed by atoms with E-state index in [9.17, 15) is 19.2 Å². The van der Waals surface area contributed by atoms with E-state index in [-0.39, 0.29) is 18.9 Å². The number of esters is 2. The van der Waals surface area contributed by atoms with Crippen molar-refractivity contribution < 1.29 is 28.7 Å². The first-order chi connectivity index (χ1) is 15.4. The molecule has 1 aliphatic heterocycles. The van der Waals surface area contributed by atoms with Gasteiger partial charge in [-0.25, -0.2) is 4.79 Å². The van der Waals surface area contributed by atoms with Crippen LogP contribution in [-0.4, -0.2) is 43.5 Å². The number of hydrogen-bond donors (Lipinski definition) is 1. The van der Waals surface area contributed by atoms with Gasteiger partial charge in [0.2, 0.25) is 5.91 Å². The summed E-state index contributed by atoms with van der Waals surface area (Å²) in [5.74, 6) is -2.35. The van der Waals surface area contributed by atoms with Gasteiger partial charge in [0.05, 0.1) is 18.1 Å². The number of hydrogen-bond acceptors (Lipinski definition) is 6. The molecule has 0 spiro atoms. The highest BCUT2D eigenvalue weighted by Gasteiger charge is 2.36. The molecule has 0 saturated carbocycles. The Morgan fingerprint density at radius 1 is 1.06 bits per heavy atom. The number of rotatable bonds is 8. The van der Waals surface area contributed by atoms with Crippen LogP contribution in [0.15, 0.2) is 53.0 Å². The van der Waals surface area contributed by atoms with E-state index in [1.54, 1.807) is 36.4 Å². The first-order valence-electron chi connectivity index (χ1n) is 10.2. The van der Waals surface area contributed by atoms with Crippen molar-refractivity contribution in [3.8, 4) is 0 Å². The Balaban J connectivity index is 1.46. The lowest BCUT2D eigenvalue weighted by Crippen LogP contribution is -2.28. The molecular formula is C23H23BrN2O6. The molecule has 0 unspecified atom stereocenters. The highest BCUT2D eigenvalue weighted by molar-refractivity contribution is 9.10. The van der Waals surface area contributed by atoms with Crippen LogP contribution in [0.4, 0.5) is 11.4 Å². The van der Waals surface area contributed by atoms with Crippen molar-refractivity contribution in [2.45, 2.75) is 19.8 Å². The highest BCUT2D eigenvalue weighted by atomic mass is 79.9. The number of carbonyl (C=O) groups excluding carboxylic acids is 4. The van der Waals surface area contributed by atoms with Crippen LogP contribution in [-0.2, 0) is 23.9 Å². The molecule has 1 saturated heterocycles. The molecule has 8 nitrogen and oxygen atoms in total. The fraction of sp³-hybridized carbons (Fsp3) is 0.304. The Kier molecular flexibility index (Phi) is 7.99. The first kappa shape index (κ1) is 23.5. The summed E-state index contributed by atoms with van der Waals surface area (Å²) in [6.45, 7) is 1.98. The second-order valence-corrected chi connectivity index (χ2v) is 8.17. The SMILES string of the molecule is CCCOC(=O)c1ccc(NC(=O)COC(=O)[C@@H]2CC(=O)N(c3ccc(Br)cc3)C2)cc1. The molecule has 3 rings (SSSR count). The van der Waals surface area contributed by atoms with Gasteiger partial charge in [0.25, 0.3) is 5.91 Å². The topological polar surface area (TPSA) is 102 Å². The summed E-state index contributed by atoms with van der Waals surface area (Å²) in [6.07, 6.45) is 0.766. The third kappa shape index (κ3) is 6.16. The molecule has 0 bridgehead atoms. The van der Waals surface area contributed by atoms with Crippen molar-refractivity contribution in [3.05, 3.63) is 58.6 Å². The summed E-state index contributed by atoms with van der Waals surface area (Å²) in [5.41, 5.74) is 1.54. The van der Waals surface area contributed by atoms with Crippen LogP contribution in [0.5, 0.6) is 0 Å². The number of nitrogens with one attached hydrogen (secondary N) is 1. The van der Waals surface area contributed by atoms with Crippen LogP contribution in [0.2, 0.25) is 0 Å². The minimum atomic E-state index is -0.632. The highest BCUT2D eigenvalue weighted by Crippen LogP contribution is 2.27. The molecule has 1 N–H and O–H groups in total. The zero-order chi connectivity index (χ0) is 23.1. The van der Waals surface area contributed by atoms with Gasteiger partial charge in [-0.1, -0.05) is 22.9 Å². The van der Waals surface area contributed by atoms with Gasteiger partial charge in [0, 0.05) is 28.8 Å². The monoisotopic (exact) mass is 502 g/mol. The standard InChI is InChI=1S/C23H23BrN2O6/c1-2-11-31-22(29)15-3-7-18(8-4-15)25-20(27)14-32-23(30)16-12-21(28)26(13-16)19-9-5-17(24)6-10-19/h3-10,16H,2,11-14H2,1H3,(H,25,27)/t16-/m1/s1. The maximum atomic E-state index is 12.3. The average molecular weight is 503 g/mol. The molecular weight excluding hydrogens is 480 g/mol. The molecule has 1 heterocycles. The van der Waals surface area contributed by atoms with Gasteiger partial charge >= 0.3 is 11.9 Å². The van der Waals surface area contributed by atoms with Crippen LogP contribution in [0.25, 0.3) is 0 Å². The minimum Gasteiger partial charge on any atom is -0.462 e. The normalized spacial score (nSPS) is 15.4. The van der Waals surface area contributed by atoms with Crippen LogP contribution in [0.3, 0.4) is 0 Å². The Morgan fingerprint density at radius 3 is 2.41 bits per heavy atom. The summed E-state index contributed by atoms with van der Waals surface area (Å²) >= 11 is 3.34. The van der Waals surface area contributed by atoms with Gasteiger partial charge in [-0.2, -0.15) is 0 Å². The minimum absolute atomic E-state index is 0.0338. The smallest absolute Gasteiger partial charge is 0.338 e. The van der Waals surface area contributed by atoms with E-state index in [0.717, 1.165) is 10.9 Å². The van der Waals surface area contributed by atoms with Crippen molar-refractivity contribution in [3.63, 3.8) is 0 Å². The van der Waals surface area contributed by atoms with Gasteiger partial charge in [-0.3, -0.25) is 14.4 Å². The number of benzene rings is 2. The van der Waals surface area contributed by atoms with Crippen molar-refractivity contribution in [2.24, 2.45) is 5.92 Å². The summed E-state index contributed by atoms with van der Waals surface area (Å²) in [6, 6.07) is 13.4. The van der Waals surface area contributed by atoms with Crippen LogP contribution in [0.1, 0.15) is 30.1 Å². The Hall–Kier alpha value is -3.20. The fourth-order valence-electron chi connectivity index (χ4n) is 3.16. The third-order valence-corrected chi connectivity index (χ3v) is 5.31. The van der Waals surface area contributed by atoms with Gasteiger partial charge in [-0.05, 0) is 55.0 Å². The molecule has 0 aliphatic carbocycles. The van der Waals surface area contributed by atoms with Crippen LogP contribution in [0, 0.1) is 5.92 Å². The summed E-state index contributed by atoms with van der Waals surface area (Å²) in [7, 11) is 0. The van der Waals surface area contributed by atoms with E-state index in [4.69, 9.17) is 9.47 Å². The number of nitrogens with zero attached hydrogens (tertiary/aromatic N) is 1. The quantitative estimate of drug-likeness (QED) is 0.553. The molecule has 2 aromatic carbocycles. The molecule has 9 heteroatoms. The van der Waals surface area contributed by atoms with Gasteiger partial charge in [0.15, 0.2) is 6.61 Å². The molecule has 0 aromatic heterocycles. The number of ether oxygens (including phenoxy) is 2. The summed E-state index contributed by atoms with van der Waals surface area (Å²) in [4.78, 5) is 50.1. The molecule has 168 valence electrons. The molecule has 1 aliphatic rings. The predicted molar refractivity (Wildman–Crippen MR) is 121 cm³/mol. The summed E-state index contributed by atoms with van der Waals surface area (Å²) < 4.78 is 11.0. The van der Waals surface area contributed by atoms with E-state index < -0.39 is 30.4 Å². The number of anilines is 2. The first-order valence-corrected chi connectivity index (χ1v) is 11.0. The molecule has 1 atom stereocenters. The Morgan fingerprint density at radius 2 is 1.75 bits per heavy atom. The lowest BCUT2D eigenvalue weighted by molar-refractivity contribution is -0.151.